The average Bonchev–Trinajstić information content (AvgIpc) is 3.16. The molecule has 0 aliphatic rings. The quantitative estimate of drug-likeness (QED) is 0.603. The standard InChI is InChI=1S/C22H23N3O2/c1-18-7-6-10-21(15-18)27-14-13-24(2)22(26)12-11-19-16-23-25(17-19)20-8-4-3-5-9-20/h3-12,15-17H,13-14H2,1-2H3/b12-11+. The molecule has 0 radical (unpaired) electrons. The molecule has 0 atom stereocenters. The van der Waals surface area contributed by atoms with Gasteiger partial charge < -0.3 is 9.64 Å². The summed E-state index contributed by atoms with van der Waals surface area (Å²) in [6, 6.07) is 17.7. The van der Waals surface area contributed by atoms with Crippen molar-refractivity contribution in [3.05, 3.63) is 84.2 Å². The van der Waals surface area contributed by atoms with Crippen LogP contribution in [0.1, 0.15) is 11.1 Å². The van der Waals surface area contributed by atoms with E-state index in [1.165, 1.54) is 0 Å². The van der Waals surface area contributed by atoms with Crippen LogP contribution in [0.3, 0.4) is 0 Å². The van der Waals surface area contributed by atoms with E-state index in [4.69, 9.17) is 4.74 Å². The van der Waals surface area contributed by atoms with E-state index in [0.717, 1.165) is 22.6 Å². The Labute approximate surface area is 159 Å². The number of hydrogen-bond acceptors (Lipinski definition) is 3. The summed E-state index contributed by atoms with van der Waals surface area (Å²) in [5, 5.41) is 4.32. The first-order valence-corrected chi connectivity index (χ1v) is 8.84. The monoisotopic (exact) mass is 361 g/mol. The maximum Gasteiger partial charge on any atom is 0.246 e. The zero-order valence-corrected chi connectivity index (χ0v) is 15.6. The van der Waals surface area contributed by atoms with Gasteiger partial charge in [-0.15, -0.1) is 0 Å². The number of likely N-dealkylation sites (N-methyl/N-ethyl adjacent to an activating group) is 1. The molecular formula is C22H23N3O2. The molecule has 0 saturated carbocycles. The zero-order chi connectivity index (χ0) is 19.1. The van der Waals surface area contributed by atoms with E-state index in [1.807, 2.05) is 67.7 Å². The predicted molar refractivity (Wildman–Crippen MR) is 107 cm³/mol. The first-order valence-electron chi connectivity index (χ1n) is 8.84. The second-order valence-corrected chi connectivity index (χ2v) is 6.31. The molecule has 1 amide bonds. The Morgan fingerprint density at radius 2 is 2.00 bits per heavy atom. The lowest BCUT2D eigenvalue weighted by Crippen LogP contribution is -2.29. The van der Waals surface area contributed by atoms with Gasteiger partial charge in [0.1, 0.15) is 12.4 Å². The van der Waals surface area contributed by atoms with E-state index in [2.05, 4.69) is 5.10 Å². The zero-order valence-electron chi connectivity index (χ0n) is 15.6. The number of amides is 1. The summed E-state index contributed by atoms with van der Waals surface area (Å²) in [4.78, 5) is 13.9. The van der Waals surface area contributed by atoms with Gasteiger partial charge in [0, 0.05) is 24.9 Å². The van der Waals surface area contributed by atoms with Gasteiger partial charge in [-0.3, -0.25) is 4.79 Å². The highest BCUT2D eigenvalue weighted by Crippen LogP contribution is 2.12. The summed E-state index contributed by atoms with van der Waals surface area (Å²) >= 11 is 0. The molecule has 0 aliphatic heterocycles. The van der Waals surface area contributed by atoms with Crippen molar-refractivity contribution in [2.75, 3.05) is 20.2 Å². The molecule has 2 aromatic carbocycles. The van der Waals surface area contributed by atoms with E-state index >= 15 is 0 Å². The van der Waals surface area contributed by atoms with Crippen LogP contribution in [0.15, 0.2) is 73.1 Å². The average molecular weight is 361 g/mol. The topological polar surface area (TPSA) is 47.4 Å². The number of carbonyl (C=O) groups is 1. The van der Waals surface area contributed by atoms with E-state index in [-0.39, 0.29) is 5.91 Å². The Kier molecular flexibility index (Phi) is 6.05. The fourth-order valence-corrected chi connectivity index (χ4v) is 2.56. The Hall–Kier alpha value is -3.34. The van der Waals surface area contributed by atoms with Crippen LogP contribution >= 0.6 is 0 Å². The number of para-hydroxylation sites is 1. The fourth-order valence-electron chi connectivity index (χ4n) is 2.56. The molecule has 0 fully saturated rings. The van der Waals surface area contributed by atoms with Gasteiger partial charge in [0.05, 0.1) is 18.4 Å². The Bertz CT molecular complexity index is 916. The number of nitrogens with zero attached hydrogens (tertiary/aromatic N) is 3. The van der Waals surface area contributed by atoms with Crippen LogP contribution < -0.4 is 4.74 Å². The van der Waals surface area contributed by atoms with Gasteiger partial charge in [-0.05, 0) is 42.8 Å². The first-order chi connectivity index (χ1) is 13.1. The fraction of sp³-hybridized carbons (Fsp3) is 0.182. The summed E-state index contributed by atoms with van der Waals surface area (Å²) in [5.41, 5.74) is 3.00. The Morgan fingerprint density at radius 3 is 2.78 bits per heavy atom. The largest absolute Gasteiger partial charge is 0.492 e. The molecule has 1 heterocycles. The van der Waals surface area contributed by atoms with Crippen LogP contribution in [-0.4, -0.2) is 40.8 Å². The molecule has 0 unspecified atom stereocenters. The Balaban J connectivity index is 1.50. The molecule has 0 spiro atoms. The number of carbonyl (C=O) groups excluding carboxylic acids is 1. The van der Waals surface area contributed by atoms with Crippen LogP contribution in [0.25, 0.3) is 11.8 Å². The molecule has 5 heteroatoms. The number of benzene rings is 2. The summed E-state index contributed by atoms with van der Waals surface area (Å²) in [7, 11) is 1.76. The smallest absolute Gasteiger partial charge is 0.246 e. The van der Waals surface area contributed by atoms with E-state index in [1.54, 1.807) is 35.0 Å². The molecule has 5 nitrogen and oxygen atoms in total. The maximum absolute atomic E-state index is 12.2. The van der Waals surface area contributed by atoms with Gasteiger partial charge in [-0.1, -0.05) is 30.3 Å². The minimum atomic E-state index is -0.0738. The summed E-state index contributed by atoms with van der Waals surface area (Å²) in [6.45, 7) is 2.99. The Morgan fingerprint density at radius 1 is 1.19 bits per heavy atom. The van der Waals surface area contributed by atoms with Crippen molar-refractivity contribution in [3.8, 4) is 11.4 Å². The van der Waals surface area contributed by atoms with Gasteiger partial charge in [0.25, 0.3) is 0 Å². The molecule has 27 heavy (non-hydrogen) atoms. The second kappa shape index (κ2) is 8.85. The van der Waals surface area contributed by atoms with E-state index in [0.29, 0.717) is 13.2 Å². The normalized spacial score (nSPS) is 10.9. The van der Waals surface area contributed by atoms with Gasteiger partial charge in [-0.25, -0.2) is 4.68 Å². The van der Waals surface area contributed by atoms with Crippen molar-refractivity contribution >= 4 is 12.0 Å². The molecule has 0 bridgehead atoms. The molecule has 0 N–H and O–H groups in total. The van der Waals surface area contributed by atoms with Crippen molar-refractivity contribution in [2.45, 2.75) is 6.92 Å². The lowest BCUT2D eigenvalue weighted by molar-refractivity contribution is -0.125. The first kappa shape index (κ1) is 18.5. The highest BCUT2D eigenvalue weighted by Gasteiger charge is 2.06. The minimum absolute atomic E-state index is 0.0738. The van der Waals surface area contributed by atoms with Gasteiger partial charge in [0.2, 0.25) is 5.91 Å². The number of rotatable bonds is 7. The van der Waals surface area contributed by atoms with Gasteiger partial charge in [0.15, 0.2) is 0 Å². The molecule has 3 rings (SSSR count). The molecule has 0 saturated heterocycles. The highest BCUT2D eigenvalue weighted by atomic mass is 16.5. The van der Waals surface area contributed by atoms with Crippen LogP contribution in [0.2, 0.25) is 0 Å². The van der Waals surface area contributed by atoms with Crippen molar-refractivity contribution in [1.82, 2.24) is 14.7 Å². The van der Waals surface area contributed by atoms with Crippen LogP contribution in [-0.2, 0) is 4.79 Å². The SMILES string of the molecule is Cc1cccc(OCCN(C)C(=O)/C=C/c2cnn(-c3ccccc3)c2)c1. The van der Waals surface area contributed by atoms with Crippen molar-refractivity contribution in [1.29, 1.82) is 0 Å². The third kappa shape index (κ3) is 5.31. The van der Waals surface area contributed by atoms with E-state index < -0.39 is 0 Å². The predicted octanol–water partition coefficient (Wildman–Crippen LogP) is 3.73. The molecular weight excluding hydrogens is 338 g/mol. The maximum atomic E-state index is 12.2. The van der Waals surface area contributed by atoms with Crippen molar-refractivity contribution in [2.24, 2.45) is 0 Å². The molecule has 138 valence electrons. The third-order valence-corrected chi connectivity index (χ3v) is 4.10. The number of hydrogen-bond donors (Lipinski definition) is 0. The minimum Gasteiger partial charge on any atom is -0.492 e. The summed E-state index contributed by atoms with van der Waals surface area (Å²) in [6.07, 6.45) is 6.95. The van der Waals surface area contributed by atoms with Gasteiger partial charge in [-0.2, -0.15) is 5.10 Å². The lowest BCUT2D eigenvalue weighted by atomic mass is 10.2. The highest BCUT2D eigenvalue weighted by molar-refractivity contribution is 5.91. The molecule has 3 aromatic rings. The van der Waals surface area contributed by atoms with Crippen LogP contribution in [0.4, 0.5) is 0 Å². The molecule has 1 aromatic heterocycles. The lowest BCUT2D eigenvalue weighted by Gasteiger charge is -2.15. The van der Waals surface area contributed by atoms with Crippen LogP contribution in [0, 0.1) is 6.92 Å². The summed E-state index contributed by atoms with van der Waals surface area (Å²) < 4.78 is 7.47. The third-order valence-electron chi connectivity index (χ3n) is 4.10. The second-order valence-electron chi connectivity index (χ2n) is 6.31. The number of aromatic nitrogens is 2. The van der Waals surface area contributed by atoms with Gasteiger partial charge >= 0.3 is 0 Å². The molecule has 0 aliphatic carbocycles. The number of aryl methyl sites for hydroxylation is 1. The van der Waals surface area contributed by atoms with E-state index in [9.17, 15) is 4.79 Å². The summed E-state index contributed by atoms with van der Waals surface area (Å²) in [5.74, 6) is 0.745. The number of ether oxygens (including phenoxy) is 1. The van der Waals surface area contributed by atoms with Crippen LogP contribution in [0.5, 0.6) is 5.75 Å². The van der Waals surface area contributed by atoms with Crippen molar-refractivity contribution < 1.29 is 9.53 Å². The van der Waals surface area contributed by atoms with Crippen molar-refractivity contribution in [3.63, 3.8) is 0 Å².